The van der Waals surface area contributed by atoms with Crippen molar-refractivity contribution in [2.75, 3.05) is 27.7 Å². The van der Waals surface area contributed by atoms with Crippen molar-refractivity contribution in [1.82, 2.24) is 9.80 Å². The molecule has 0 saturated heterocycles. The lowest BCUT2D eigenvalue weighted by molar-refractivity contribution is -0.157. The molecular formula is C17H34N2O5Si. The van der Waals surface area contributed by atoms with E-state index in [0.717, 1.165) is 10.9 Å². The van der Waals surface area contributed by atoms with Gasteiger partial charge >= 0.3 is 12.1 Å². The second-order valence-electron chi connectivity index (χ2n) is 8.86. The molecule has 0 saturated carbocycles. The van der Waals surface area contributed by atoms with E-state index in [1.807, 2.05) is 0 Å². The maximum Gasteiger partial charge on any atom is 0.410 e. The van der Waals surface area contributed by atoms with Crippen LogP contribution in [0.4, 0.5) is 4.79 Å². The summed E-state index contributed by atoms with van der Waals surface area (Å²) in [6, 6.07) is 0.801. The number of likely N-dealkylation sites (N-methyl/N-ethyl adjacent to an activating group) is 2. The predicted molar refractivity (Wildman–Crippen MR) is 100 cm³/mol. The first-order valence-corrected chi connectivity index (χ1v) is 12.1. The molecule has 2 amide bonds. The molecule has 1 N–H and O–H groups in total. The van der Waals surface area contributed by atoms with Crippen LogP contribution in [0, 0.1) is 5.41 Å². The molecule has 7 nitrogen and oxygen atoms in total. The zero-order valence-electron chi connectivity index (χ0n) is 17.1. The first kappa shape index (κ1) is 23.4. The van der Waals surface area contributed by atoms with Gasteiger partial charge in [0.25, 0.3) is 0 Å². The van der Waals surface area contributed by atoms with Gasteiger partial charge in [-0.2, -0.15) is 0 Å². The van der Waals surface area contributed by atoms with Crippen molar-refractivity contribution >= 4 is 26.0 Å². The largest absolute Gasteiger partial charge is 0.481 e. The van der Waals surface area contributed by atoms with Crippen molar-refractivity contribution in [3.05, 3.63) is 0 Å². The van der Waals surface area contributed by atoms with Gasteiger partial charge in [0.2, 0.25) is 5.91 Å². The zero-order chi connectivity index (χ0) is 20.2. The molecule has 0 aliphatic rings. The van der Waals surface area contributed by atoms with Crippen molar-refractivity contribution < 1.29 is 24.2 Å². The van der Waals surface area contributed by atoms with Crippen LogP contribution in [-0.2, 0) is 14.3 Å². The number of aliphatic carboxylic acids is 1. The molecule has 0 aliphatic heterocycles. The molecule has 0 aliphatic carbocycles. The molecule has 1 atom stereocenters. The molecule has 0 radical (unpaired) electrons. The fraction of sp³-hybridized carbons (Fsp3) is 0.824. The Bertz CT molecular complexity index is 508. The van der Waals surface area contributed by atoms with Gasteiger partial charge in [-0.3, -0.25) is 14.5 Å². The van der Waals surface area contributed by atoms with Crippen LogP contribution in [0.15, 0.2) is 0 Å². The summed E-state index contributed by atoms with van der Waals surface area (Å²) in [5.74, 6) is -1.58. The molecular weight excluding hydrogens is 340 g/mol. The van der Waals surface area contributed by atoms with E-state index in [-0.39, 0.29) is 6.61 Å². The van der Waals surface area contributed by atoms with Gasteiger partial charge in [-0.25, -0.2) is 4.79 Å². The normalized spacial score (nSPS) is 14.4. The monoisotopic (exact) mass is 374 g/mol. The highest BCUT2D eigenvalue weighted by Crippen LogP contribution is 2.40. The van der Waals surface area contributed by atoms with E-state index in [9.17, 15) is 19.5 Å². The number of ether oxygens (including phenoxy) is 1. The second kappa shape index (κ2) is 8.20. The maximum atomic E-state index is 12.9. The molecule has 0 aromatic carbocycles. The lowest BCUT2D eigenvalue weighted by Crippen LogP contribution is -2.66. The number of hydrogen-bond donors (Lipinski definition) is 1. The molecule has 8 heteroatoms. The smallest absolute Gasteiger partial charge is 0.410 e. The van der Waals surface area contributed by atoms with Crippen molar-refractivity contribution in [3.63, 3.8) is 0 Å². The predicted octanol–water partition coefficient (Wildman–Crippen LogP) is 2.74. The van der Waals surface area contributed by atoms with E-state index in [0.29, 0.717) is 0 Å². The third-order valence-corrected chi connectivity index (χ3v) is 6.04. The minimum atomic E-state index is -1.54. The SMILES string of the molecule is CN(C)C(=O)C(CC(=O)O)(N(C)C(=O)OCC[Si](C)(C)C)C(C)(C)C. The summed E-state index contributed by atoms with van der Waals surface area (Å²) >= 11 is 0. The van der Waals surface area contributed by atoms with Gasteiger partial charge in [0.05, 0.1) is 13.0 Å². The van der Waals surface area contributed by atoms with Crippen LogP contribution in [-0.4, -0.2) is 74.2 Å². The average Bonchev–Trinajstić information content (AvgIpc) is 2.39. The van der Waals surface area contributed by atoms with Gasteiger partial charge in [0.15, 0.2) is 0 Å². The molecule has 0 aromatic heterocycles. The van der Waals surface area contributed by atoms with Crippen LogP contribution >= 0.6 is 0 Å². The Kier molecular flexibility index (Phi) is 7.69. The van der Waals surface area contributed by atoms with Crippen molar-refractivity contribution in [3.8, 4) is 0 Å². The summed E-state index contributed by atoms with van der Waals surface area (Å²) in [7, 11) is 3.17. The van der Waals surface area contributed by atoms with Gasteiger partial charge in [-0.1, -0.05) is 40.4 Å². The highest BCUT2D eigenvalue weighted by Gasteiger charge is 2.56. The fourth-order valence-corrected chi connectivity index (χ4v) is 3.43. The van der Waals surface area contributed by atoms with E-state index in [1.165, 1.54) is 11.9 Å². The molecule has 0 heterocycles. The van der Waals surface area contributed by atoms with Crippen LogP contribution < -0.4 is 0 Å². The molecule has 0 rings (SSSR count). The third-order valence-electron chi connectivity index (χ3n) is 4.33. The minimum absolute atomic E-state index is 0.266. The van der Waals surface area contributed by atoms with E-state index >= 15 is 0 Å². The Hall–Kier alpha value is -1.57. The van der Waals surface area contributed by atoms with Gasteiger partial charge in [0, 0.05) is 29.2 Å². The number of rotatable bonds is 7. The first-order valence-electron chi connectivity index (χ1n) is 8.40. The quantitative estimate of drug-likeness (QED) is 0.692. The van der Waals surface area contributed by atoms with Crippen molar-refractivity contribution in [2.45, 2.75) is 58.4 Å². The van der Waals surface area contributed by atoms with E-state index in [4.69, 9.17) is 4.74 Å². The number of carbonyl (C=O) groups excluding carboxylic acids is 2. The molecule has 0 bridgehead atoms. The van der Waals surface area contributed by atoms with Crippen LogP contribution in [0.25, 0.3) is 0 Å². The summed E-state index contributed by atoms with van der Waals surface area (Å²) in [5, 5.41) is 9.41. The number of carboxylic acids is 1. The molecule has 0 fully saturated rings. The Morgan fingerprint density at radius 3 is 1.84 bits per heavy atom. The number of amides is 2. The summed E-state index contributed by atoms with van der Waals surface area (Å²) in [5.41, 5.74) is -2.35. The third kappa shape index (κ3) is 6.02. The lowest BCUT2D eigenvalue weighted by Gasteiger charge is -2.48. The van der Waals surface area contributed by atoms with Gasteiger partial charge < -0.3 is 14.7 Å². The van der Waals surface area contributed by atoms with E-state index in [2.05, 4.69) is 19.6 Å². The van der Waals surface area contributed by atoms with Gasteiger partial charge in [0.1, 0.15) is 5.54 Å². The highest BCUT2D eigenvalue weighted by atomic mass is 28.3. The second-order valence-corrected chi connectivity index (χ2v) is 14.5. The Morgan fingerprint density at radius 2 is 1.52 bits per heavy atom. The molecule has 0 aromatic rings. The molecule has 25 heavy (non-hydrogen) atoms. The van der Waals surface area contributed by atoms with Gasteiger partial charge in [-0.15, -0.1) is 0 Å². The number of nitrogens with zero attached hydrogens (tertiary/aromatic N) is 2. The van der Waals surface area contributed by atoms with Crippen LogP contribution in [0.1, 0.15) is 27.2 Å². The van der Waals surface area contributed by atoms with Crippen LogP contribution in [0.3, 0.4) is 0 Å². The summed E-state index contributed by atoms with van der Waals surface area (Å²) < 4.78 is 5.35. The topological polar surface area (TPSA) is 87.2 Å². The van der Waals surface area contributed by atoms with Gasteiger partial charge in [-0.05, 0) is 11.5 Å². The standard InChI is InChI=1S/C17H34N2O5Si/c1-16(2,3)17(12-13(20)21,14(22)18(4)5)19(6)15(23)24-10-11-25(7,8)9/h10-12H2,1-9H3,(H,20,21). The van der Waals surface area contributed by atoms with Crippen LogP contribution in [0.5, 0.6) is 0 Å². The lowest BCUT2D eigenvalue weighted by atomic mass is 9.69. The zero-order valence-corrected chi connectivity index (χ0v) is 18.1. The van der Waals surface area contributed by atoms with Crippen molar-refractivity contribution in [1.29, 1.82) is 0 Å². The Balaban J connectivity index is 5.76. The first-order chi connectivity index (χ1) is 11.1. The summed E-state index contributed by atoms with van der Waals surface area (Å²) in [6.45, 7) is 12.0. The van der Waals surface area contributed by atoms with Crippen LogP contribution in [0.2, 0.25) is 25.7 Å². The number of carboxylic acid groups (broad SMARTS) is 1. The number of hydrogen-bond acceptors (Lipinski definition) is 4. The highest BCUT2D eigenvalue weighted by molar-refractivity contribution is 6.76. The maximum absolute atomic E-state index is 12.9. The summed E-state index contributed by atoms with van der Waals surface area (Å²) in [6.07, 6.45) is -1.17. The molecule has 1 unspecified atom stereocenters. The summed E-state index contributed by atoms with van der Waals surface area (Å²) in [4.78, 5) is 39.5. The number of carbonyl (C=O) groups is 3. The fourth-order valence-electron chi connectivity index (χ4n) is 2.71. The van der Waals surface area contributed by atoms with E-state index in [1.54, 1.807) is 34.9 Å². The Labute approximate surface area is 152 Å². The molecule has 0 spiro atoms. The van der Waals surface area contributed by atoms with E-state index < -0.39 is 43.4 Å². The molecule has 146 valence electrons. The average molecular weight is 375 g/mol. The minimum Gasteiger partial charge on any atom is -0.481 e. The Morgan fingerprint density at radius 1 is 1.04 bits per heavy atom. The van der Waals surface area contributed by atoms with Crippen molar-refractivity contribution in [2.24, 2.45) is 5.41 Å².